The summed E-state index contributed by atoms with van der Waals surface area (Å²) >= 11 is 3.59. The first-order valence-electron chi connectivity index (χ1n) is 6.36. The zero-order chi connectivity index (χ0) is 13.5. The van der Waals surface area contributed by atoms with Gasteiger partial charge >= 0.3 is 0 Å². The lowest BCUT2D eigenvalue weighted by molar-refractivity contribution is 0.620. The molecule has 0 N–H and O–H groups in total. The van der Waals surface area contributed by atoms with Gasteiger partial charge in [-0.25, -0.2) is 4.98 Å². The van der Waals surface area contributed by atoms with Gasteiger partial charge < -0.3 is 4.42 Å². The molecule has 20 heavy (non-hydrogen) atoms. The van der Waals surface area contributed by atoms with E-state index in [1.54, 1.807) is 0 Å². The summed E-state index contributed by atoms with van der Waals surface area (Å²) in [6.45, 7) is 0. The number of halogens is 1. The van der Waals surface area contributed by atoms with Crippen LogP contribution in [0.3, 0.4) is 0 Å². The summed E-state index contributed by atoms with van der Waals surface area (Å²) in [4.78, 5) is 4.58. The Morgan fingerprint density at radius 2 is 1.60 bits per heavy atom. The molecule has 4 aromatic rings. The van der Waals surface area contributed by atoms with Gasteiger partial charge in [0.25, 0.3) is 0 Å². The van der Waals surface area contributed by atoms with Gasteiger partial charge in [-0.2, -0.15) is 0 Å². The molecule has 0 spiro atoms. The Balaban J connectivity index is 2.04. The summed E-state index contributed by atoms with van der Waals surface area (Å²) in [5.74, 6) is 0.662. The third kappa shape index (κ3) is 1.74. The van der Waals surface area contributed by atoms with E-state index in [0.717, 1.165) is 31.9 Å². The summed E-state index contributed by atoms with van der Waals surface area (Å²) in [5.41, 5.74) is 2.71. The molecule has 1 heterocycles. The molecule has 0 aliphatic carbocycles. The third-order valence-electron chi connectivity index (χ3n) is 3.39. The summed E-state index contributed by atoms with van der Waals surface area (Å²) in [7, 11) is 0. The lowest BCUT2D eigenvalue weighted by atomic mass is 10.0. The summed E-state index contributed by atoms with van der Waals surface area (Å²) in [6, 6.07) is 20.1. The van der Waals surface area contributed by atoms with Crippen LogP contribution in [0, 0.1) is 0 Å². The number of benzene rings is 3. The number of fused-ring (bicyclic) bond motifs is 2. The smallest absolute Gasteiger partial charge is 0.227 e. The fourth-order valence-corrected chi connectivity index (χ4v) is 2.94. The number of rotatable bonds is 1. The molecule has 3 heteroatoms. The van der Waals surface area contributed by atoms with E-state index in [2.05, 4.69) is 33.0 Å². The molecular formula is C17H10BrNO. The molecule has 4 rings (SSSR count). The van der Waals surface area contributed by atoms with Gasteiger partial charge in [-0.1, -0.05) is 52.3 Å². The van der Waals surface area contributed by atoms with Crippen molar-refractivity contribution in [2.45, 2.75) is 0 Å². The van der Waals surface area contributed by atoms with Crippen LogP contribution in [-0.2, 0) is 0 Å². The molecule has 0 saturated heterocycles. The normalized spacial score (nSPS) is 11.2. The van der Waals surface area contributed by atoms with Crippen LogP contribution in [-0.4, -0.2) is 4.98 Å². The molecule has 0 radical (unpaired) electrons. The van der Waals surface area contributed by atoms with Crippen molar-refractivity contribution in [3.63, 3.8) is 0 Å². The van der Waals surface area contributed by atoms with Crippen molar-refractivity contribution in [3.8, 4) is 11.5 Å². The quantitative estimate of drug-likeness (QED) is 0.468. The number of para-hydroxylation sites is 2. The molecular weight excluding hydrogens is 314 g/mol. The Labute approximate surface area is 124 Å². The predicted molar refractivity (Wildman–Crippen MR) is 84.7 cm³/mol. The summed E-state index contributed by atoms with van der Waals surface area (Å²) in [5, 5.41) is 2.29. The molecule has 0 aliphatic rings. The summed E-state index contributed by atoms with van der Waals surface area (Å²) in [6.07, 6.45) is 0. The molecule has 0 amide bonds. The van der Waals surface area contributed by atoms with Gasteiger partial charge in [-0.05, 0) is 35.0 Å². The lowest BCUT2D eigenvalue weighted by Gasteiger charge is -2.04. The molecule has 0 saturated carbocycles. The largest absolute Gasteiger partial charge is 0.436 e. The highest BCUT2D eigenvalue weighted by Gasteiger charge is 2.11. The van der Waals surface area contributed by atoms with Crippen molar-refractivity contribution < 1.29 is 4.42 Å². The van der Waals surface area contributed by atoms with E-state index in [0.29, 0.717) is 5.89 Å². The number of hydrogen-bond acceptors (Lipinski definition) is 2. The van der Waals surface area contributed by atoms with Gasteiger partial charge in [0.2, 0.25) is 5.89 Å². The number of oxazole rings is 1. The predicted octanol–water partition coefficient (Wildman–Crippen LogP) is 5.41. The fourth-order valence-electron chi connectivity index (χ4n) is 2.45. The Morgan fingerprint density at radius 1 is 0.800 bits per heavy atom. The Hall–Kier alpha value is -2.13. The Morgan fingerprint density at radius 3 is 2.50 bits per heavy atom. The molecule has 0 aliphatic heterocycles. The number of hydrogen-bond donors (Lipinski definition) is 0. The van der Waals surface area contributed by atoms with Gasteiger partial charge in [0.15, 0.2) is 5.58 Å². The maximum absolute atomic E-state index is 5.88. The molecule has 1 aromatic heterocycles. The minimum atomic E-state index is 0.662. The molecule has 0 bridgehead atoms. The highest BCUT2D eigenvalue weighted by atomic mass is 79.9. The molecule has 0 unspecified atom stereocenters. The van der Waals surface area contributed by atoms with E-state index in [-0.39, 0.29) is 0 Å². The highest BCUT2D eigenvalue weighted by molar-refractivity contribution is 9.10. The van der Waals surface area contributed by atoms with Gasteiger partial charge in [0.05, 0.1) is 0 Å². The van der Waals surface area contributed by atoms with E-state index in [1.807, 2.05) is 48.5 Å². The topological polar surface area (TPSA) is 26.0 Å². The van der Waals surface area contributed by atoms with E-state index < -0.39 is 0 Å². The first kappa shape index (κ1) is 11.7. The second kappa shape index (κ2) is 4.46. The van der Waals surface area contributed by atoms with Crippen molar-refractivity contribution >= 4 is 37.8 Å². The maximum Gasteiger partial charge on any atom is 0.227 e. The minimum Gasteiger partial charge on any atom is -0.436 e. The van der Waals surface area contributed by atoms with Crippen LogP contribution in [0.1, 0.15) is 0 Å². The number of aromatic nitrogens is 1. The van der Waals surface area contributed by atoms with Crippen LogP contribution in [0.5, 0.6) is 0 Å². The average Bonchev–Trinajstić information content (AvgIpc) is 2.91. The van der Waals surface area contributed by atoms with Crippen molar-refractivity contribution in [1.82, 2.24) is 4.98 Å². The van der Waals surface area contributed by atoms with E-state index >= 15 is 0 Å². The van der Waals surface area contributed by atoms with Crippen molar-refractivity contribution in [3.05, 3.63) is 65.1 Å². The molecule has 3 aromatic carbocycles. The van der Waals surface area contributed by atoms with Gasteiger partial charge in [0, 0.05) is 10.0 Å². The van der Waals surface area contributed by atoms with Crippen LogP contribution >= 0.6 is 15.9 Å². The van der Waals surface area contributed by atoms with Gasteiger partial charge in [-0.3, -0.25) is 0 Å². The minimum absolute atomic E-state index is 0.662. The van der Waals surface area contributed by atoms with Crippen LogP contribution < -0.4 is 0 Å². The zero-order valence-corrected chi connectivity index (χ0v) is 12.1. The SMILES string of the molecule is Brc1cccc2c(-c3nc4ccccc4o3)cccc12. The van der Waals surface area contributed by atoms with Crippen molar-refractivity contribution in [2.24, 2.45) is 0 Å². The molecule has 0 atom stereocenters. The van der Waals surface area contributed by atoms with Gasteiger partial charge in [0.1, 0.15) is 5.52 Å². The van der Waals surface area contributed by atoms with E-state index in [4.69, 9.17) is 4.42 Å². The van der Waals surface area contributed by atoms with Crippen LogP contribution in [0.25, 0.3) is 33.3 Å². The van der Waals surface area contributed by atoms with Crippen LogP contribution in [0.2, 0.25) is 0 Å². The Kier molecular flexibility index (Phi) is 2.60. The Bertz CT molecular complexity index is 893. The monoisotopic (exact) mass is 323 g/mol. The first-order chi connectivity index (χ1) is 9.83. The second-order valence-electron chi connectivity index (χ2n) is 4.63. The van der Waals surface area contributed by atoms with Gasteiger partial charge in [-0.15, -0.1) is 0 Å². The summed E-state index contributed by atoms with van der Waals surface area (Å²) < 4.78 is 6.95. The van der Waals surface area contributed by atoms with Crippen molar-refractivity contribution in [2.75, 3.05) is 0 Å². The zero-order valence-electron chi connectivity index (χ0n) is 10.5. The molecule has 96 valence electrons. The lowest BCUT2D eigenvalue weighted by Crippen LogP contribution is -1.81. The third-order valence-corrected chi connectivity index (χ3v) is 4.08. The molecule has 0 fully saturated rings. The van der Waals surface area contributed by atoms with Crippen molar-refractivity contribution in [1.29, 1.82) is 0 Å². The van der Waals surface area contributed by atoms with E-state index in [9.17, 15) is 0 Å². The first-order valence-corrected chi connectivity index (χ1v) is 7.15. The van der Waals surface area contributed by atoms with Crippen LogP contribution in [0.15, 0.2) is 69.6 Å². The highest BCUT2D eigenvalue weighted by Crippen LogP contribution is 2.33. The average molecular weight is 324 g/mol. The number of nitrogens with zero attached hydrogens (tertiary/aromatic N) is 1. The maximum atomic E-state index is 5.88. The fraction of sp³-hybridized carbons (Fsp3) is 0. The van der Waals surface area contributed by atoms with E-state index in [1.165, 1.54) is 0 Å². The van der Waals surface area contributed by atoms with Crippen LogP contribution in [0.4, 0.5) is 0 Å². The standard InChI is InChI=1S/C17H10BrNO/c18-14-8-4-5-11-12(14)6-3-7-13(11)17-19-15-9-1-2-10-16(15)20-17/h1-10H. The second-order valence-corrected chi connectivity index (χ2v) is 5.48. The molecule has 2 nitrogen and oxygen atoms in total.